The first-order valence-electron chi connectivity index (χ1n) is 6.80. The van der Waals surface area contributed by atoms with Crippen LogP contribution < -0.4 is 5.32 Å². The van der Waals surface area contributed by atoms with E-state index in [0.717, 1.165) is 19.4 Å². The molecule has 1 atom stereocenters. The number of hydrogen-bond donors (Lipinski definition) is 3. The standard InChI is InChI=1S/C13H26N2O4/c1-4-15(9-12(16)17)11(13(18)19)7-5-6-8-14-10(2)3/h10-11,14H,4-9H2,1-3H3,(H,16,17)(H,18,19). The molecule has 0 aliphatic heterocycles. The van der Waals surface area contributed by atoms with Crippen molar-refractivity contribution < 1.29 is 19.8 Å². The summed E-state index contributed by atoms with van der Waals surface area (Å²) in [7, 11) is 0. The molecule has 0 rings (SSSR count). The molecule has 0 aromatic rings. The maximum absolute atomic E-state index is 11.2. The first-order valence-corrected chi connectivity index (χ1v) is 6.80. The highest BCUT2D eigenvalue weighted by atomic mass is 16.4. The third kappa shape index (κ3) is 8.56. The van der Waals surface area contributed by atoms with Crippen LogP contribution in [0.25, 0.3) is 0 Å². The van der Waals surface area contributed by atoms with Crippen molar-refractivity contribution in [2.24, 2.45) is 0 Å². The van der Waals surface area contributed by atoms with E-state index in [9.17, 15) is 14.7 Å². The molecule has 6 nitrogen and oxygen atoms in total. The van der Waals surface area contributed by atoms with Gasteiger partial charge in [0.1, 0.15) is 6.04 Å². The Morgan fingerprint density at radius 3 is 2.26 bits per heavy atom. The molecule has 0 radical (unpaired) electrons. The summed E-state index contributed by atoms with van der Waals surface area (Å²) in [6.07, 6.45) is 2.15. The van der Waals surface area contributed by atoms with Gasteiger partial charge in [-0.25, -0.2) is 0 Å². The maximum atomic E-state index is 11.2. The van der Waals surface area contributed by atoms with Gasteiger partial charge in [0.15, 0.2) is 0 Å². The van der Waals surface area contributed by atoms with E-state index in [-0.39, 0.29) is 6.54 Å². The molecule has 0 aromatic carbocycles. The summed E-state index contributed by atoms with van der Waals surface area (Å²) in [4.78, 5) is 23.4. The third-order valence-corrected chi connectivity index (χ3v) is 2.93. The molecule has 1 unspecified atom stereocenters. The fraction of sp³-hybridized carbons (Fsp3) is 0.846. The van der Waals surface area contributed by atoms with Gasteiger partial charge in [0.05, 0.1) is 6.54 Å². The monoisotopic (exact) mass is 274 g/mol. The van der Waals surface area contributed by atoms with Gasteiger partial charge in [-0.3, -0.25) is 14.5 Å². The van der Waals surface area contributed by atoms with Crippen molar-refractivity contribution in [3.63, 3.8) is 0 Å². The van der Waals surface area contributed by atoms with Crippen LogP contribution in [0.5, 0.6) is 0 Å². The summed E-state index contributed by atoms with van der Waals surface area (Å²) in [5.41, 5.74) is 0. The number of nitrogens with one attached hydrogen (secondary N) is 1. The number of carboxylic acid groups (broad SMARTS) is 2. The van der Waals surface area contributed by atoms with E-state index in [1.54, 1.807) is 6.92 Å². The molecule has 0 heterocycles. The molecule has 0 bridgehead atoms. The van der Waals surface area contributed by atoms with Crippen LogP contribution in [0.4, 0.5) is 0 Å². The number of aliphatic carboxylic acids is 2. The molecule has 6 heteroatoms. The molecule has 0 aromatic heterocycles. The number of rotatable bonds is 11. The van der Waals surface area contributed by atoms with Crippen molar-refractivity contribution >= 4 is 11.9 Å². The molecule has 0 saturated heterocycles. The Bertz CT molecular complexity index is 282. The van der Waals surface area contributed by atoms with E-state index >= 15 is 0 Å². The Morgan fingerprint density at radius 1 is 1.21 bits per heavy atom. The SMILES string of the molecule is CCN(CC(=O)O)C(CCCCNC(C)C)C(=O)O. The lowest BCUT2D eigenvalue weighted by Crippen LogP contribution is -2.43. The Morgan fingerprint density at radius 2 is 1.84 bits per heavy atom. The zero-order valence-corrected chi connectivity index (χ0v) is 12.1. The predicted octanol–water partition coefficient (Wildman–Crippen LogP) is 1.01. The van der Waals surface area contributed by atoms with Crippen LogP contribution in [0.15, 0.2) is 0 Å². The summed E-state index contributed by atoms with van der Waals surface area (Å²) in [5, 5.41) is 21.2. The normalized spacial score (nSPS) is 12.9. The summed E-state index contributed by atoms with van der Waals surface area (Å²) in [5.74, 6) is -1.94. The lowest BCUT2D eigenvalue weighted by Gasteiger charge is -2.25. The van der Waals surface area contributed by atoms with Crippen LogP contribution >= 0.6 is 0 Å². The van der Waals surface area contributed by atoms with Gasteiger partial charge in [-0.05, 0) is 25.9 Å². The summed E-state index contributed by atoms with van der Waals surface area (Å²) < 4.78 is 0. The highest BCUT2D eigenvalue weighted by Gasteiger charge is 2.25. The van der Waals surface area contributed by atoms with Gasteiger partial charge in [-0.2, -0.15) is 0 Å². The number of hydrogen-bond acceptors (Lipinski definition) is 4. The lowest BCUT2D eigenvalue weighted by atomic mass is 10.1. The van der Waals surface area contributed by atoms with Crippen molar-refractivity contribution in [1.29, 1.82) is 0 Å². The Labute approximate surface area is 114 Å². The second kappa shape index (κ2) is 9.75. The molecule has 0 fully saturated rings. The minimum atomic E-state index is -0.991. The molecule has 0 aliphatic rings. The van der Waals surface area contributed by atoms with Crippen molar-refractivity contribution in [3.05, 3.63) is 0 Å². The summed E-state index contributed by atoms with van der Waals surface area (Å²) >= 11 is 0. The van der Waals surface area contributed by atoms with Gasteiger partial charge in [0, 0.05) is 6.04 Å². The van der Waals surface area contributed by atoms with Crippen LogP contribution in [0.1, 0.15) is 40.0 Å². The highest BCUT2D eigenvalue weighted by molar-refractivity contribution is 5.75. The average Bonchev–Trinajstić information content (AvgIpc) is 2.30. The lowest BCUT2D eigenvalue weighted by molar-refractivity contribution is -0.146. The summed E-state index contributed by atoms with van der Waals surface area (Å²) in [6.45, 7) is 6.96. The minimum Gasteiger partial charge on any atom is -0.480 e. The zero-order valence-electron chi connectivity index (χ0n) is 12.1. The number of nitrogens with zero attached hydrogens (tertiary/aromatic N) is 1. The fourth-order valence-corrected chi connectivity index (χ4v) is 1.93. The van der Waals surface area contributed by atoms with E-state index in [0.29, 0.717) is 19.0 Å². The van der Waals surface area contributed by atoms with E-state index in [2.05, 4.69) is 19.2 Å². The first-order chi connectivity index (χ1) is 8.88. The molecular formula is C13H26N2O4. The topological polar surface area (TPSA) is 89.9 Å². The van der Waals surface area contributed by atoms with E-state index in [1.807, 2.05) is 0 Å². The molecule has 0 aliphatic carbocycles. The van der Waals surface area contributed by atoms with Crippen LogP contribution in [0.3, 0.4) is 0 Å². The van der Waals surface area contributed by atoms with Gasteiger partial charge in [0.25, 0.3) is 0 Å². The van der Waals surface area contributed by atoms with E-state index in [1.165, 1.54) is 4.90 Å². The van der Waals surface area contributed by atoms with E-state index in [4.69, 9.17) is 5.11 Å². The largest absolute Gasteiger partial charge is 0.480 e. The number of carboxylic acids is 2. The molecule has 19 heavy (non-hydrogen) atoms. The van der Waals surface area contributed by atoms with Crippen molar-refractivity contribution in [2.45, 2.75) is 52.1 Å². The molecular weight excluding hydrogens is 248 g/mol. The quantitative estimate of drug-likeness (QED) is 0.487. The van der Waals surface area contributed by atoms with E-state index < -0.39 is 18.0 Å². The molecule has 3 N–H and O–H groups in total. The maximum Gasteiger partial charge on any atom is 0.320 e. The van der Waals surface area contributed by atoms with Gasteiger partial charge in [-0.1, -0.05) is 27.2 Å². The fourth-order valence-electron chi connectivity index (χ4n) is 1.93. The number of likely N-dealkylation sites (N-methyl/N-ethyl adjacent to an activating group) is 1. The van der Waals surface area contributed by atoms with Crippen LogP contribution in [-0.2, 0) is 9.59 Å². The molecule has 0 amide bonds. The second-order valence-corrected chi connectivity index (χ2v) is 4.92. The van der Waals surface area contributed by atoms with Gasteiger partial charge >= 0.3 is 11.9 Å². The van der Waals surface area contributed by atoms with Crippen molar-refractivity contribution in [1.82, 2.24) is 10.2 Å². The van der Waals surface area contributed by atoms with Crippen molar-refractivity contribution in [3.8, 4) is 0 Å². The first kappa shape index (κ1) is 17.9. The van der Waals surface area contributed by atoms with Gasteiger partial charge < -0.3 is 15.5 Å². The van der Waals surface area contributed by atoms with Gasteiger partial charge in [0.2, 0.25) is 0 Å². The Kier molecular flexibility index (Phi) is 9.16. The van der Waals surface area contributed by atoms with Crippen LogP contribution in [0.2, 0.25) is 0 Å². The van der Waals surface area contributed by atoms with Crippen molar-refractivity contribution in [2.75, 3.05) is 19.6 Å². The number of unbranched alkanes of at least 4 members (excludes halogenated alkanes) is 1. The Hall–Kier alpha value is -1.14. The highest BCUT2D eigenvalue weighted by Crippen LogP contribution is 2.09. The second-order valence-electron chi connectivity index (χ2n) is 4.92. The Balaban J connectivity index is 4.17. The average molecular weight is 274 g/mol. The molecule has 0 saturated carbocycles. The molecule has 0 spiro atoms. The molecule has 112 valence electrons. The summed E-state index contributed by atoms with van der Waals surface area (Å²) in [6, 6.07) is -0.283. The smallest absolute Gasteiger partial charge is 0.320 e. The minimum absolute atomic E-state index is 0.224. The van der Waals surface area contributed by atoms with Crippen LogP contribution in [-0.4, -0.2) is 58.8 Å². The predicted molar refractivity (Wildman–Crippen MR) is 73.3 cm³/mol. The number of carbonyl (C=O) groups is 2. The zero-order chi connectivity index (χ0) is 14.8. The third-order valence-electron chi connectivity index (χ3n) is 2.93. The van der Waals surface area contributed by atoms with Gasteiger partial charge in [-0.15, -0.1) is 0 Å². The van der Waals surface area contributed by atoms with Crippen LogP contribution in [0, 0.1) is 0 Å².